The summed E-state index contributed by atoms with van der Waals surface area (Å²) in [7, 11) is 0. The van der Waals surface area contributed by atoms with E-state index in [4.69, 9.17) is 19.9 Å². The quantitative estimate of drug-likeness (QED) is 0.839. The van der Waals surface area contributed by atoms with Crippen LogP contribution >= 0.6 is 0 Å². The van der Waals surface area contributed by atoms with Crippen molar-refractivity contribution in [3.8, 4) is 17.2 Å². The van der Waals surface area contributed by atoms with Crippen molar-refractivity contribution in [3.05, 3.63) is 17.7 Å². The van der Waals surface area contributed by atoms with E-state index in [1.807, 2.05) is 41.5 Å². The molecule has 0 radical (unpaired) electrons. The van der Waals surface area contributed by atoms with Crippen LogP contribution in [0.5, 0.6) is 17.2 Å². The first-order chi connectivity index (χ1) is 9.70. The molecule has 0 aliphatic heterocycles. The van der Waals surface area contributed by atoms with Gasteiger partial charge in [-0.1, -0.05) is 0 Å². The summed E-state index contributed by atoms with van der Waals surface area (Å²) in [5.41, 5.74) is 5.70. The van der Waals surface area contributed by atoms with Crippen molar-refractivity contribution in [1.29, 1.82) is 0 Å². The van der Waals surface area contributed by atoms with Crippen molar-refractivity contribution >= 4 is 5.91 Å². The second-order valence-corrected chi connectivity index (χ2v) is 5.67. The summed E-state index contributed by atoms with van der Waals surface area (Å²) in [6.45, 7) is 11.4. The molecule has 0 aliphatic rings. The molecular weight excluding hydrogens is 270 g/mol. The van der Waals surface area contributed by atoms with Crippen molar-refractivity contribution in [2.75, 3.05) is 0 Å². The first-order valence-corrected chi connectivity index (χ1v) is 7.18. The highest BCUT2D eigenvalue weighted by Gasteiger charge is 2.20. The number of rotatable bonds is 7. The highest BCUT2D eigenvalue weighted by molar-refractivity contribution is 5.94. The highest BCUT2D eigenvalue weighted by atomic mass is 16.6. The maximum atomic E-state index is 11.5. The lowest BCUT2D eigenvalue weighted by Gasteiger charge is -2.22. The molecule has 21 heavy (non-hydrogen) atoms. The third-order valence-electron chi connectivity index (χ3n) is 2.38. The largest absolute Gasteiger partial charge is 0.487 e. The monoisotopic (exact) mass is 295 g/mol. The molecule has 1 aromatic rings. The molecule has 5 nitrogen and oxygen atoms in total. The molecule has 1 aromatic carbocycles. The number of carbonyl (C=O) groups is 1. The van der Waals surface area contributed by atoms with Gasteiger partial charge in [0.05, 0.1) is 18.3 Å². The molecule has 0 unspecified atom stereocenters. The molecular formula is C16H25NO4. The lowest BCUT2D eigenvalue weighted by Crippen LogP contribution is -2.17. The van der Waals surface area contributed by atoms with Crippen LogP contribution in [0.2, 0.25) is 0 Å². The summed E-state index contributed by atoms with van der Waals surface area (Å²) >= 11 is 0. The summed E-state index contributed by atoms with van der Waals surface area (Å²) in [6, 6.07) is 3.18. The Kier molecular flexibility index (Phi) is 5.88. The lowest BCUT2D eigenvalue weighted by molar-refractivity contribution is 0.0998. The Hall–Kier alpha value is -1.91. The zero-order valence-electron chi connectivity index (χ0n) is 13.6. The van der Waals surface area contributed by atoms with Gasteiger partial charge < -0.3 is 19.9 Å². The predicted molar refractivity (Wildman–Crippen MR) is 82.3 cm³/mol. The zero-order valence-corrected chi connectivity index (χ0v) is 13.6. The molecule has 0 heterocycles. The lowest BCUT2D eigenvalue weighted by atomic mass is 10.1. The van der Waals surface area contributed by atoms with Crippen molar-refractivity contribution in [2.24, 2.45) is 5.73 Å². The van der Waals surface area contributed by atoms with Crippen molar-refractivity contribution in [3.63, 3.8) is 0 Å². The van der Waals surface area contributed by atoms with Crippen molar-refractivity contribution < 1.29 is 19.0 Å². The van der Waals surface area contributed by atoms with Crippen LogP contribution in [-0.4, -0.2) is 24.2 Å². The fourth-order valence-electron chi connectivity index (χ4n) is 1.75. The van der Waals surface area contributed by atoms with Gasteiger partial charge in [-0.15, -0.1) is 0 Å². The molecule has 0 fully saturated rings. The molecule has 1 amide bonds. The Morgan fingerprint density at radius 3 is 1.52 bits per heavy atom. The van der Waals surface area contributed by atoms with Crippen LogP contribution in [0.4, 0.5) is 0 Å². The number of ether oxygens (including phenoxy) is 3. The topological polar surface area (TPSA) is 70.8 Å². The van der Waals surface area contributed by atoms with Gasteiger partial charge in [0, 0.05) is 5.56 Å². The minimum Gasteiger partial charge on any atom is -0.487 e. The Bertz CT molecular complexity index is 464. The van der Waals surface area contributed by atoms with Crippen LogP contribution in [0.1, 0.15) is 51.9 Å². The van der Waals surface area contributed by atoms with E-state index in [2.05, 4.69) is 0 Å². The number of benzene rings is 1. The second kappa shape index (κ2) is 7.20. The minimum atomic E-state index is -0.534. The van der Waals surface area contributed by atoms with E-state index in [9.17, 15) is 4.79 Å². The highest BCUT2D eigenvalue weighted by Crippen LogP contribution is 2.40. The summed E-state index contributed by atoms with van der Waals surface area (Å²) < 4.78 is 17.3. The molecule has 2 N–H and O–H groups in total. The van der Waals surface area contributed by atoms with Crippen LogP contribution in [0.25, 0.3) is 0 Å². The van der Waals surface area contributed by atoms with Gasteiger partial charge in [0.15, 0.2) is 11.5 Å². The van der Waals surface area contributed by atoms with Crippen molar-refractivity contribution in [2.45, 2.75) is 59.9 Å². The summed E-state index contributed by atoms with van der Waals surface area (Å²) in [4.78, 5) is 11.5. The smallest absolute Gasteiger partial charge is 0.248 e. The Morgan fingerprint density at radius 1 is 0.857 bits per heavy atom. The second-order valence-electron chi connectivity index (χ2n) is 5.67. The maximum absolute atomic E-state index is 11.5. The molecule has 0 saturated heterocycles. The Labute approximate surface area is 126 Å². The molecule has 0 bridgehead atoms. The van der Waals surface area contributed by atoms with Gasteiger partial charge in [0.2, 0.25) is 11.7 Å². The molecule has 1 rings (SSSR count). The number of hydrogen-bond acceptors (Lipinski definition) is 4. The Morgan fingerprint density at radius 2 is 1.24 bits per heavy atom. The summed E-state index contributed by atoms with van der Waals surface area (Å²) in [5.74, 6) is 0.891. The predicted octanol–water partition coefficient (Wildman–Crippen LogP) is 3.15. The number of nitrogens with two attached hydrogens (primary N) is 1. The fraction of sp³-hybridized carbons (Fsp3) is 0.562. The molecule has 5 heteroatoms. The van der Waals surface area contributed by atoms with Gasteiger partial charge in [0.1, 0.15) is 0 Å². The van der Waals surface area contributed by atoms with Gasteiger partial charge in [-0.3, -0.25) is 4.79 Å². The number of carbonyl (C=O) groups excluding carboxylic acids is 1. The third kappa shape index (κ3) is 5.17. The first kappa shape index (κ1) is 17.1. The van der Waals surface area contributed by atoms with Crippen molar-refractivity contribution in [1.82, 2.24) is 0 Å². The number of hydrogen-bond donors (Lipinski definition) is 1. The van der Waals surface area contributed by atoms with Crippen LogP contribution in [0.15, 0.2) is 12.1 Å². The maximum Gasteiger partial charge on any atom is 0.248 e. The summed E-state index contributed by atoms with van der Waals surface area (Å²) in [6.07, 6.45) is -0.169. The van der Waals surface area contributed by atoms with Gasteiger partial charge in [-0.05, 0) is 53.7 Å². The number of primary amides is 1. The molecule has 0 atom stereocenters. The van der Waals surface area contributed by atoms with E-state index in [0.717, 1.165) is 0 Å². The van der Waals surface area contributed by atoms with E-state index in [-0.39, 0.29) is 18.3 Å². The molecule has 0 saturated carbocycles. The van der Waals surface area contributed by atoms with Crippen LogP contribution < -0.4 is 19.9 Å². The van der Waals surface area contributed by atoms with E-state index >= 15 is 0 Å². The molecule has 0 aliphatic carbocycles. The molecule has 0 aromatic heterocycles. The van der Waals surface area contributed by atoms with Crippen LogP contribution in [-0.2, 0) is 0 Å². The summed E-state index contributed by atoms with van der Waals surface area (Å²) in [5, 5.41) is 0. The van der Waals surface area contributed by atoms with Crippen LogP contribution in [0, 0.1) is 0 Å². The average Bonchev–Trinajstić information content (AvgIpc) is 2.30. The van der Waals surface area contributed by atoms with Gasteiger partial charge >= 0.3 is 0 Å². The van der Waals surface area contributed by atoms with E-state index in [0.29, 0.717) is 22.8 Å². The number of amides is 1. The van der Waals surface area contributed by atoms with Gasteiger partial charge in [-0.25, -0.2) is 0 Å². The van der Waals surface area contributed by atoms with Gasteiger partial charge in [-0.2, -0.15) is 0 Å². The average molecular weight is 295 g/mol. The van der Waals surface area contributed by atoms with Crippen LogP contribution in [0.3, 0.4) is 0 Å². The molecule has 118 valence electrons. The van der Waals surface area contributed by atoms with E-state index in [1.165, 1.54) is 0 Å². The zero-order chi connectivity index (χ0) is 16.2. The standard InChI is InChI=1S/C16H25NO4/c1-9(2)19-13-7-12(16(17)18)8-14(20-10(3)4)15(13)21-11(5)6/h7-11H,1-6H3,(H2,17,18). The fourth-order valence-corrected chi connectivity index (χ4v) is 1.75. The Balaban J connectivity index is 3.39. The normalized spacial score (nSPS) is 11.1. The minimum absolute atomic E-state index is 0.0477. The third-order valence-corrected chi connectivity index (χ3v) is 2.38. The SMILES string of the molecule is CC(C)Oc1cc(C(N)=O)cc(OC(C)C)c1OC(C)C. The van der Waals surface area contributed by atoms with E-state index in [1.54, 1.807) is 12.1 Å². The van der Waals surface area contributed by atoms with Gasteiger partial charge in [0.25, 0.3) is 0 Å². The molecule has 0 spiro atoms. The van der Waals surface area contributed by atoms with E-state index < -0.39 is 5.91 Å². The first-order valence-electron chi connectivity index (χ1n) is 7.18.